The Balaban J connectivity index is 1.75. The second-order valence-electron chi connectivity index (χ2n) is 4.49. The lowest BCUT2D eigenvalue weighted by atomic mass is 10.1. The number of benzene rings is 1. The molecule has 2 rings (SSSR count). The molecule has 0 radical (unpaired) electrons. The third kappa shape index (κ3) is 3.43. The van der Waals surface area contributed by atoms with Crippen LogP contribution < -0.4 is 0 Å². The molecule has 1 heterocycles. The van der Waals surface area contributed by atoms with E-state index in [0.717, 1.165) is 31.6 Å². The molecule has 1 aromatic rings. The average Bonchev–Trinajstić information content (AvgIpc) is 2.38. The van der Waals surface area contributed by atoms with Gasteiger partial charge in [-0.1, -0.05) is 12.1 Å². The summed E-state index contributed by atoms with van der Waals surface area (Å²) in [6.45, 7) is 3.57. The Morgan fingerprint density at radius 3 is 2.33 bits per heavy atom. The highest BCUT2D eigenvalue weighted by molar-refractivity contribution is 5.65. The molecule has 5 heteroatoms. The number of nitrogens with zero attached hydrogens (tertiary/aromatic N) is 2. The highest BCUT2D eigenvalue weighted by Crippen LogP contribution is 2.07. The Morgan fingerprint density at radius 1 is 1.17 bits per heavy atom. The van der Waals surface area contributed by atoms with Gasteiger partial charge in [0.15, 0.2) is 0 Å². The standard InChI is InChI=1S/C13H17FN2O2/c14-12-3-1-11(2-4-12)5-6-15-7-9-16(10-8-15)13(17)18/h1-4H,5-10H2,(H,17,18). The molecule has 1 aliphatic rings. The Kier molecular flexibility index (Phi) is 4.15. The maximum atomic E-state index is 12.7. The number of carboxylic acid groups (broad SMARTS) is 1. The van der Waals surface area contributed by atoms with Crippen molar-refractivity contribution in [1.29, 1.82) is 0 Å². The summed E-state index contributed by atoms with van der Waals surface area (Å²) in [5, 5.41) is 8.83. The van der Waals surface area contributed by atoms with Crippen molar-refractivity contribution in [3.8, 4) is 0 Å². The fraction of sp³-hybridized carbons (Fsp3) is 0.462. The average molecular weight is 252 g/mol. The van der Waals surface area contributed by atoms with Gasteiger partial charge in [-0.05, 0) is 24.1 Å². The molecule has 1 saturated heterocycles. The number of amides is 1. The predicted molar refractivity (Wildman–Crippen MR) is 66.1 cm³/mol. The van der Waals surface area contributed by atoms with Crippen molar-refractivity contribution in [2.75, 3.05) is 32.7 Å². The van der Waals surface area contributed by atoms with Crippen LogP contribution >= 0.6 is 0 Å². The lowest BCUT2D eigenvalue weighted by Crippen LogP contribution is -2.48. The summed E-state index contributed by atoms with van der Waals surface area (Å²) in [5.74, 6) is -0.214. The van der Waals surface area contributed by atoms with Crippen molar-refractivity contribution in [3.05, 3.63) is 35.6 Å². The molecule has 1 fully saturated rings. The Labute approximate surface area is 106 Å². The molecule has 0 aromatic heterocycles. The number of halogens is 1. The minimum Gasteiger partial charge on any atom is -0.465 e. The van der Waals surface area contributed by atoms with E-state index in [2.05, 4.69) is 4.90 Å². The van der Waals surface area contributed by atoms with Gasteiger partial charge < -0.3 is 10.0 Å². The van der Waals surface area contributed by atoms with Crippen LogP contribution in [0.2, 0.25) is 0 Å². The van der Waals surface area contributed by atoms with Gasteiger partial charge in [0.25, 0.3) is 0 Å². The molecule has 0 spiro atoms. The number of piperazine rings is 1. The smallest absolute Gasteiger partial charge is 0.407 e. The Bertz CT molecular complexity index is 400. The molecule has 0 atom stereocenters. The first-order valence-electron chi connectivity index (χ1n) is 6.10. The number of hydrogen-bond donors (Lipinski definition) is 1. The first-order chi connectivity index (χ1) is 8.65. The molecule has 18 heavy (non-hydrogen) atoms. The van der Waals surface area contributed by atoms with Gasteiger partial charge in [-0.2, -0.15) is 0 Å². The summed E-state index contributed by atoms with van der Waals surface area (Å²) in [7, 11) is 0. The van der Waals surface area contributed by atoms with Crippen LogP contribution in [-0.4, -0.2) is 53.7 Å². The van der Waals surface area contributed by atoms with Crippen molar-refractivity contribution in [2.45, 2.75) is 6.42 Å². The van der Waals surface area contributed by atoms with Gasteiger partial charge in [0.2, 0.25) is 0 Å². The number of rotatable bonds is 3. The van der Waals surface area contributed by atoms with Gasteiger partial charge in [0, 0.05) is 32.7 Å². The first kappa shape index (κ1) is 12.8. The van der Waals surface area contributed by atoms with Crippen LogP contribution in [0.25, 0.3) is 0 Å². The maximum Gasteiger partial charge on any atom is 0.407 e. The van der Waals surface area contributed by atoms with Crippen LogP contribution in [0.4, 0.5) is 9.18 Å². The van der Waals surface area contributed by atoms with Crippen LogP contribution in [0.5, 0.6) is 0 Å². The van der Waals surface area contributed by atoms with E-state index < -0.39 is 6.09 Å². The zero-order valence-electron chi connectivity index (χ0n) is 10.2. The fourth-order valence-electron chi connectivity index (χ4n) is 2.10. The third-order valence-electron chi connectivity index (χ3n) is 3.27. The van der Waals surface area contributed by atoms with Crippen molar-refractivity contribution in [3.63, 3.8) is 0 Å². The minimum absolute atomic E-state index is 0.214. The molecule has 0 bridgehead atoms. The molecule has 0 unspecified atom stereocenters. The predicted octanol–water partition coefficient (Wildman–Crippen LogP) is 1.66. The van der Waals surface area contributed by atoms with E-state index in [4.69, 9.17) is 5.11 Å². The molecule has 1 aromatic carbocycles. The van der Waals surface area contributed by atoms with Gasteiger partial charge in [0.1, 0.15) is 5.82 Å². The Hall–Kier alpha value is -1.62. The fourth-order valence-corrected chi connectivity index (χ4v) is 2.10. The van der Waals surface area contributed by atoms with Gasteiger partial charge >= 0.3 is 6.09 Å². The second kappa shape index (κ2) is 5.82. The lowest BCUT2D eigenvalue weighted by Gasteiger charge is -2.33. The van der Waals surface area contributed by atoms with Crippen molar-refractivity contribution in [1.82, 2.24) is 9.80 Å². The van der Waals surface area contributed by atoms with E-state index in [1.807, 2.05) is 0 Å². The molecular weight excluding hydrogens is 235 g/mol. The van der Waals surface area contributed by atoms with Gasteiger partial charge in [0.05, 0.1) is 0 Å². The van der Waals surface area contributed by atoms with Crippen LogP contribution in [0.15, 0.2) is 24.3 Å². The van der Waals surface area contributed by atoms with E-state index in [1.54, 1.807) is 12.1 Å². The normalized spacial score (nSPS) is 16.8. The molecule has 1 amide bonds. The molecule has 4 nitrogen and oxygen atoms in total. The number of hydrogen-bond acceptors (Lipinski definition) is 2. The van der Waals surface area contributed by atoms with E-state index >= 15 is 0 Å². The third-order valence-corrected chi connectivity index (χ3v) is 3.27. The zero-order valence-corrected chi connectivity index (χ0v) is 10.2. The first-order valence-corrected chi connectivity index (χ1v) is 6.10. The summed E-state index contributed by atoms with van der Waals surface area (Å²) in [6, 6.07) is 6.53. The summed E-state index contributed by atoms with van der Waals surface area (Å²) in [4.78, 5) is 14.4. The van der Waals surface area contributed by atoms with Crippen molar-refractivity contribution < 1.29 is 14.3 Å². The quantitative estimate of drug-likeness (QED) is 0.889. The SMILES string of the molecule is O=C(O)N1CCN(CCc2ccc(F)cc2)CC1. The molecule has 0 aliphatic carbocycles. The summed E-state index contributed by atoms with van der Waals surface area (Å²) >= 11 is 0. The Morgan fingerprint density at radius 2 is 1.78 bits per heavy atom. The van der Waals surface area contributed by atoms with E-state index in [9.17, 15) is 9.18 Å². The monoisotopic (exact) mass is 252 g/mol. The maximum absolute atomic E-state index is 12.7. The topological polar surface area (TPSA) is 43.8 Å². The highest BCUT2D eigenvalue weighted by Gasteiger charge is 2.19. The molecule has 0 saturated carbocycles. The number of carbonyl (C=O) groups is 1. The van der Waals surface area contributed by atoms with E-state index in [-0.39, 0.29) is 5.82 Å². The largest absolute Gasteiger partial charge is 0.465 e. The van der Waals surface area contributed by atoms with Crippen molar-refractivity contribution >= 4 is 6.09 Å². The minimum atomic E-state index is -0.840. The molecular formula is C13H17FN2O2. The van der Waals surface area contributed by atoms with E-state index in [0.29, 0.717) is 13.1 Å². The molecule has 98 valence electrons. The van der Waals surface area contributed by atoms with Crippen LogP contribution in [0.1, 0.15) is 5.56 Å². The lowest BCUT2D eigenvalue weighted by molar-refractivity contribution is 0.106. The van der Waals surface area contributed by atoms with Crippen molar-refractivity contribution in [2.24, 2.45) is 0 Å². The molecule has 1 N–H and O–H groups in total. The summed E-state index contributed by atoms with van der Waals surface area (Å²) in [6.07, 6.45) is 0.0288. The highest BCUT2D eigenvalue weighted by atomic mass is 19.1. The van der Waals surface area contributed by atoms with Crippen LogP contribution in [0, 0.1) is 5.82 Å². The summed E-state index contributed by atoms with van der Waals surface area (Å²) in [5.41, 5.74) is 1.11. The second-order valence-corrected chi connectivity index (χ2v) is 4.49. The van der Waals surface area contributed by atoms with Gasteiger partial charge in [-0.15, -0.1) is 0 Å². The zero-order chi connectivity index (χ0) is 13.0. The van der Waals surface area contributed by atoms with Gasteiger partial charge in [-0.3, -0.25) is 4.90 Å². The van der Waals surface area contributed by atoms with Crippen LogP contribution in [0.3, 0.4) is 0 Å². The molecule has 1 aliphatic heterocycles. The van der Waals surface area contributed by atoms with E-state index in [1.165, 1.54) is 17.0 Å². The van der Waals surface area contributed by atoms with Gasteiger partial charge in [-0.25, -0.2) is 9.18 Å². The summed E-state index contributed by atoms with van der Waals surface area (Å²) < 4.78 is 12.7. The van der Waals surface area contributed by atoms with Crippen LogP contribution in [-0.2, 0) is 6.42 Å².